The van der Waals surface area contributed by atoms with Crippen molar-refractivity contribution in [1.82, 2.24) is 24.5 Å². The molecule has 0 fully saturated rings. The van der Waals surface area contributed by atoms with E-state index in [1.54, 1.807) is 0 Å². The minimum absolute atomic E-state index is 0.0550. The molecule has 0 saturated carbocycles. The molecule has 26 heavy (non-hydrogen) atoms. The van der Waals surface area contributed by atoms with Crippen LogP contribution in [0.2, 0.25) is 0 Å². The fourth-order valence-electron chi connectivity index (χ4n) is 2.43. The third-order valence-corrected chi connectivity index (χ3v) is 3.78. The molecule has 0 aliphatic rings. The normalized spacial score (nSPS) is 11.0. The van der Waals surface area contributed by atoms with E-state index in [4.69, 9.17) is 0 Å². The van der Waals surface area contributed by atoms with Crippen molar-refractivity contribution in [1.29, 1.82) is 0 Å². The summed E-state index contributed by atoms with van der Waals surface area (Å²) in [5, 5.41) is 37.3. The number of hydrogen-bond acceptors (Lipinski definition) is 10. The number of aromatic nitrogens is 5. The molecule has 144 valence electrons. The van der Waals surface area contributed by atoms with Crippen molar-refractivity contribution in [3.63, 3.8) is 0 Å². The molecule has 0 aliphatic carbocycles. The number of imidazole rings is 1. The summed E-state index contributed by atoms with van der Waals surface area (Å²) >= 11 is 0. The number of aryl methyl sites for hydroxylation is 4. The van der Waals surface area contributed by atoms with Crippen LogP contribution in [0.5, 0.6) is 0 Å². The predicted molar refractivity (Wildman–Crippen MR) is 93.2 cm³/mol. The highest BCUT2D eigenvalue weighted by molar-refractivity contribution is 5.38. The van der Waals surface area contributed by atoms with Gasteiger partial charge in [-0.3, -0.25) is 9.80 Å². The topological polar surface area (TPSA) is 144 Å². The van der Waals surface area contributed by atoms with Crippen molar-refractivity contribution in [2.45, 2.75) is 33.2 Å². The van der Waals surface area contributed by atoms with Gasteiger partial charge < -0.3 is 25.0 Å². The molecule has 0 atom stereocenters. The van der Waals surface area contributed by atoms with Crippen molar-refractivity contribution in [2.24, 2.45) is 0 Å². The first kappa shape index (κ1) is 20.0. The Labute approximate surface area is 151 Å². The zero-order valence-corrected chi connectivity index (χ0v) is 14.9. The summed E-state index contributed by atoms with van der Waals surface area (Å²) in [5.74, 6) is 1.47. The van der Waals surface area contributed by atoms with E-state index in [-0.39, 0.29) is 11.9 Å². The highest BCUT2D eigenvalue weighted by Gasteiger charge is 2.16. The number of hydrogen-bond donors (Lipinski definition) is 4. The molecule has 0 unspecified atom stereocenters. The average Bonchev–Trinajstić information content (AvgIpc) is 3.02. The summed E-state index contributed by atoms with van der Waals surface area (Å²) in [6.45, 7) is 2.59. The predicted octanol–water partition coefficient (Wildman–Crippen LogP) is -1.41. The molecule has 4 N–H and O–H groups in total. The number of aliphatic hydroxyl groups excluding tert-OH is 4. The van der Waals surface area contributed by atoms with Crippen LogP contribution in [-0.4, -0.2) is 71.9 Å². The summed E-state index contributed by atoms with van der Waals surface area (Å²) in [6.07, 6.45) is 3.19. The lowest BCUT2D eigenvalue weighted by Crippen LogP contribution is -2.31. The van der Waals surface area contributed by atoms with Gasteiger partial charge in [-0.25, -0.2) is 4.98 Å². The molecule has 0 bridgehead atoms. The second-order valence-electron chi connectivity index (χ2n) is 5.59. The minimum atomic E-state index is -0.488. The summed E-state index contributed by atoms with van der Waals surface area (Å²) in [4.78, 5) is 19.3. The standard InChI is InChI=1S/C15H25N7O4/c1-3-13-16-11(2)6-20(13)5-4-12-17-14(21(7-23)8-24)19-15(18-12)22(9-25)10-26/h6,23-26H,3-5,7-10H2,1-2H3. The molecular formula is C15H25N7O4. The van der Waals surface area contributed by atoms with Crippen LogP contribution in [0.4, 0.5) is 11.9 Å². The van der Waals surface area contributed by atoms with E-state index in [2.05, 4.69) is 19.9 Å². The molecule has 11 nitrogen and oxygen atoms in total. The maximum absolute atomic E-state index is 9.33. The Balaban J connectivity index is 2.30. The summed E-state index contributed by atoms with van der Waals surface area (Å²) < 4.78 is 2.02. The fourth-order valence-corrected chi connectivity index (χ4v) is 2.43. The Hall–Kier alpha value is -2.34. The van der Waals surface area contributed by atoms with Crippen molar-refractivity contribution in [2.75, 3.05) is 36.7 Å². The molecule has 0 radical (unpaired) electrons. The average molecular weight is 367 g/mol. The number of nitrogens with zero attached hydrogens (tertiary/aromatic N) is 7. The molecule has 2 rings (SSSR count). The quantitative estimate of drug-likeness (QED) is 0.370. The van der Waals surface area contributed by atoms with Crippen LogP contribution >= 0.6 is 0 Å². The fraction of sp³-hybridized carbons (Fsp3) is 0.600. The molecule has 0 aromatic carbocycles. The van der Waals surface area contributed by atoms with E-state index in [0.29, 0.717) is 18.8 Å². The molecular weight excluding hydrogens is 342 g/mol. The van der Waals surface area contributed by atoms with Gasteiger partial charge in [0.05, 0.1) is 5.69 Å². The largest absolute Gasteiger partial charge is 0.376 e. The number of anilines is 2. The van der Waals surface area contributed by atoms with Crippen molar-refractivity contribution >= 4 is 11.9 Å². The van der Waals surface area contributed by atoms with E-state index in [1.807, 2.05) is 24.6 Å². The Morgan fingerprint density at radius 2 is 1.42 bits per heavy atom. The lowest BCUT2D eigenvalue weighted by molar-refractivity contribution is 0.217. The van der Waals surface area contributed by atoms with E-state index >= 15 is 0 Å². The molecule has 0 amide bonds. The van der Waals surface area contributed by atoms with Gasteiger partial charge in [0.25, 0.3) is 0 Å². The summed E-state index contributed by atoms with van der Waals surface area (Å²) in [7, 11) is 0. The van der Waals surface area contributed by atoms with E-state index in [9.17, 15) is 20.4 Å². The van der Waals surface area contributed by atoms with Gasteiger partial charge in [0.2, 0.25) is 11.9 Å². The lowest BCUT2D eigenvalue weighted by atomic mass is 10.3. The SMILES string of the molecule is CCc1nc(C)cn1CCc1nc(N(CO)CO)nc(N(CO)CO)n1. The third kappa shape index (κ3) is 4.64. The van der Waals surface area contributed by atoms with Crippen LogP contribution in [0.15, 0.2) is 6.20 Å². The monoisotopic (exact) mass is 367 g/mol. The molecule has 2 aromatic heterocycles. The van der Waals surface area contributed by atoms with Gasteiger partial charge >= 0.3 is 0 Å². The second-order valence-corrected chi connectivity index (χ2v) is 5.59. The first-order chi connectivity index (χ1) is 12.6. The zero-order chi connectivity index (χ0) is 19.1. The van der Waals surface area contributed by atoms with E-state index in [1.165, 1.54) is 0 Å². The van der Waals surface area contributed by atoms with E-state index < -0.39 is 26.9 Å². The molecule has 2 aromatic rings. The number of aliphatic hydroxyl groups is 4. The molecule has 0 aliphatic heterocycles. The van der Waals surface area contributed by atoms with Gasteiger partial charge in [-0.15, -0.1) is 0 Å². The summed E-state index contributed by atoms with van der Waals surface area (Å²) in [6, 6.07) is 0. The first-order valence-corrected chi connectivity index (χ1v) is 8.27. The van der Waals surface area contributed by atoms with Gasteiger partial charge in [-0.2, -0.15) is 15.0 Å². The first-order valence-electron chi connectivity index (χ1n) is 8.27. The van der Waals surface area contributed by atoms with Gasteiger partial charge in [0, 0.05) is 25.6 Å². The van der Waals surface area contributed by atoms with Crippen LogP contribution in [-0.2, 0) is 19.4 Å². The lowest BCUT2D eigenvalue weighted by Gasteiger charge is -2.21. The maximum atomic E-state index is 9.33. The summed E-state index contributed by atoms with van der Waals surface area (Å²) in [5.41, 5.74) is 0.928. The number of rotatable bonds is 10. The van der Waals surface area contributed by atoms with Crippen LogP contribution < -0.4 is 9.80 Å². The molecule has 2 heterocycles. The highest BCUT2D eigenvalue weighted by atomic mass is 16.3. The van der Waals surface area contributed by atoms with Gasteiger partial charge in [-0.1, -0.05) is 6.92 Å². The van der Waals surface area contributed by atoms with Crippen LogP contribution in [0.1, 0.15) is 24.3 Å². The zero-order valence-electron chi connectivity index (χ0n) is 14.9. The van der Waals surface area contributed by atoms with Crippen molar-refractivity contribution in [3.8, 4) is 0 Å². The third-order valence-electron chi connectivity index (χ3n) is 3.78. The van der Waals surface area contributed by atoms with E-state index in [0.717, 1.165) is 27.7 Å². The Kier molecular flexibility index (Phi) is 7.21. The Morgan fingerprint density at radius 3 is 1.88 bits per heavy atom. The van der Waals surface area contributed by atoms with Crippen LogP contribution in [0.25, 0.3) is 0 Å². The van der Waals surface area contributed by atoms with Crippen molar-refractivity contribution < 1.29 is 20.4 Å². The van der Waals surface area contributed by atoms with Crippen LogP contribution in [0.3, 0.4) is 0 Å². The Morgan fingerprint density at radius 1 is 0.885 bits per heavy atom. The molecule has 11 heteroatoms. The maximum Gasteiger partial charge on any atom is 0.234 e. The second kappa shape index (κ2) is 9.38. The molecule has 0 spiro atoms. The van der Waals surface area contributed by atoms with Crippen LogP contribution in [0, 0.1) is 6.92 Å². The minimum Gasteiger partial charge on any atom is -0.376 e. The Bertz CT molecular complexity index is 671. The van der Waals surface area contributed by atoms with Gasteiger partial charge in [0.15, 0.2) is 0 Å². The van der Waals surface area contributed by atoms with Crippen molar-refractivity contribution in [3.05, 3.63) is 23.5 Å². The smallest absolute Gasteiger partial charge is 0.234 e. The van der Waals surface area contributed by atoms with Gasteiger partial charge in [-0.05, 0) is 6.92 Å². The highest BCUT2D eigenvalue weighted by Crippen LogP contribution is 2.14. The molecule has 0 saturated heterocycles. The van der Waals surface area contributed by atoms with Gasteiger partial charge in [0.1, 0.15) is 38.6 Å².